The Balaban J connectivity index is 3.03. The predicted octanol–water partition coefficient (Wildman–Crippen LogP) is 4.13. The molecule has 1 nitrogen and oxygen atoms in total. The minimum atomic E-state index is 0.0705. The van der Waals surface area contributed by atoms with E-state index in [0.717, 1.165) is 17.5 Å². The lowest BCUT2D eigenvalue weighted by atomic mass is 9.85. The summed E-state index contributed by atoms with van der Waals surface area (Å²) in [5.74, 6) is 0.958. The van der Waals surface area contributed by atoms with E-state index in [2.05, 4.69) is 48.5 Å². The fraction of sp³-hybridized carbons (Fsp3) is 0.429. The van der Waals surface area contributed by atoms with Crippen molar-refractivity contribution in [3.8, 4) is 5.75 Å². The van der Waals surface area contributed by atoms with Crippen molar-refractivity contribution in [2.24, 2.45) is 5.41 Å². The van der Waals surface area contributed by atoms with Gasteiger partial charge in [0.1, 0.15) is 5.75 Å². The zero-order valence-corrected chi connectivity index (χ0v) is 11.8. The molecule has 1 unspecified atom stereocenters. The van der Waals surface area contributed by atoms with Crippen LogP contribution in [0.15, 0.2) is 30.9 Å². The first-order valence-corrected chi connectivity index (χ1v) is 6.50. The molecule has 1 aromatic rings. The average molecular weight is 283 g/mol. The summed E-state index contributed by atoms with van der Waals surface area (Å²) in [6, 6.07) is 6.29. The molecule has 0 N–H and O–H groups in total. The maximum atomic E-state index is 5.39. The van der Waals surface area contributed by atoms with Crippen molar-refractivity contribution in [1.29, 1.82) is 0 Å². The van der Waals surface area contributed by atoms with Crippen LogP contribution >= 0.6 is 15.9 Å². The minimum absolute atomic E-state index is 0.0705. The van der Waals surface area contributed by atoms with Gasteiger partial charge in [-0.05, 0) is 30.4 Å². The molecule has 0 aliphatic carbocycles. The van der Waals surface area contributed by atoms with Gasteiger partial charge in [0.2, 0.25) is 0 Å². The Morgan fingerprint density at radius 1 is 1.50 bits per heavy atom. The van der Waals surface area contributed by atoms with E-state index in [1.807, 2.05) is 12.1 Å². The van der Waals surface area contributed by atoms with Crippen molar-refractivity contribution in [2.75, 3.05) is 12.4 Å². The Kier molecular flexibility index (Phi) is 4.60. The van der Waals surface area contributed by atoms with Crippen LogP contribution in [-0.4, -0.2) is 12.4 Å². The molecular formula is C14H19BrO. The topological polar surface area (TPSA) is 9.23 Å². The van der Waals surface area contributed by atoms with Gasteiger partial charge in [-0.15, -0.1) is 6.58 Å². The quantitative estimate of drug-likeness (QED) is 0.583. The monoisotopic (exact) mass is 282 g/mol. The first kappa shape index (κ1) is 13.3. The molecule has 0 heterocycles. The van der Waals surface area contributed by atoms with Crippen molar-refractivity contribution in [2.45, 2.75) is 20.3 Å². The van der Waals surface area contributed by atoms with Gasteiger partial charge in [-0.1, -0.05) is 46.6 Å². The molecule has 0 aliphatic heterocycles. The van der Waals surface area contributed by atoms with E-state index in [1.165, 1.54) is 11.1 Å². The summed E-state index contributed by atoms with van der Waals surface area (Å²) < 4.78 is 5.39. The molecule has 0 saturated carbocycles. The van der Waals surface area contributed by atoms with Gasteiger partial charge in [0, 0.05) is 5.33 Å². The highest BCUT2D eigenvalue weighted by Gasteiger charge is 2.21. The van der Waals surface area contributed by atoms with E-state index in [-0.39, 0.29) is 5.41 Å². The normalized spacial score (nSPS) is 14.2. The van der Waals surface area contributed by atoms with Crippen molar-refractivity contribution in [1.82, 2.24) is 0 Å². The molecule has 0 fully saturated rings. The van der Waals surface area contributed by atoms with Gasteiger partial charge in [-0.2, -0.15) is 0 Å². The number of halogens is 1. The molecule has 0 aliphatic rings. The number of hydrogen-bond donors (Lipinski definition) is 0. The van der Waals surface area contributed by atoms with Crippen LogP contribution in [0.3, 0.4) is 0 Å². The summed E-state index contributed by atoms with van der Waals surface area (Å²) >= 11 is 3.54. The first-order valence-electron chi connectivity index (χ1n) is 5.38. The van der Waals surface area contributed by atoms with Gasteiger partial charge in [-0.25, -0.2) is 0 Å². The lowest BCUT2D eigenvalue weighted by Crippen LogP contribution is -2.18. The minimum Gasteiger partial charge on any atom is -0.496 e. The highest BCUT2D eigenvalue weighted by Crippen LogP contribution is 2.31. The van der Waals surface area contributed by atoms with Gasteiger partial charge in [0.25, 0.3) is 0 Å². The van der Waals surface area contributed by atoms with E-state index in [0.29, 0.717) is 0 Å². The van der Waals surface area contributed by atoms with E-state index in [9.17, 15) is 0 Å². The molecule has 88 valence electrons. The highest BCUT2D eigenvalue weighted by atomic mass is 79.9. The predicted molar refractivity (Wildman–Crippen MR) is 73.5 cm³/mol. The smallest absolute Gasteiger partial charge is 0.122 e. The summed E-state index contributed by atoms with van der Waals surface area (Å²) in [6.07, 6.45) is 2.94. The number of benzene rings is 1. The zero-order valence-electron chi connectivity index (χ0n) is 10.2. The number of aryl methyl sites for hydroxylation is 1. The van der Waals surface area contributed by atoms with Crippen molar-refractivity contribution in [3.05, 3.63) is 42.0 Å². The molecule has 1 aromatic carbocycles. The number of ether oxygens (including phenoxy) is 1. The molecule has 16 heavy (non-hydrogen) atoms. The molecular weight excluding hydrogens is 264 g/mol. The summed E-state index contributed by atoms with van der Waals surface area (Å²) in [5.41, 5.74) is 2.57. The van der Waals surface area contributed by atoms with Gasteiger partial charge in [0.15, 0.2) is 0 Å². The maximum absolute atomic E-state index is 5.39. The molecule has 0 radical (unpaired) electrons. The zero-order chi connectivity index (χ0) is 12.2. The highest BCUT2D eigenvalue weighted by molar-refractivity contribution is 9.09. The lowest BCUT2D eigenvalue weighted by molar-refractivity contribution is 0.399. The molecule has 1 atom stereocenters. The van der Waals surface area contributed by atoms with Crippen LogP contribution in [0.5, 0.6) is 5.75 Å². The standard InChI is InChI=1S/C14H19BrO/c1-5-14(3,10-15)9-12-8-11(2)6-7-13(12)16-4/h5-8H,1,9-10H2,2-4H3. The maximum Gasteiger partial charge on any atom is 0.122 e. The molecule has 0 spiro atoms. The third-order valence-corrected chi connectivity index (χ3v) is 4.11. The van der Waals surface area contributed by atoms with Crippen LogP contribution in [0.25, 0.3) is 0 Å². The second-order valence-corrected chi connectivity index (χ2v) is 5.04. The van der Waals surface area contributed by atoms with Crippen LogP contribution in [0.2, 0.25) is 0 Å². The van der Waals surface area contributed by atoms with Gasteiger partial charge in [-0.3, -0.25) is 0 Å². The first-order chi connectivity index (χ1) is 7.54. The van der Waals surface area contributed by atoms with E-state index in [1.54, 1.807) is 7.11 Å². The molecule has 2 heteroatoms. The molecule has 1 rings (SSSR count). The van der Waals surface area contributed by atoms with Crippen LogP contribution in [0.1, 0.15) is 18.1 Å². The third-order valence-electron chi connectivity index (χ3n) is 2.83. The second kappa shape index (κ2) is 5.53. The molecule has 0 bridgehead atoms. The second-order valence-electron chi connectivity index (χ2n) is 4.48. The Hall–Kier alpha value is -0.760. The lowest BCUT2D eigenvalue weighted by Gasteiger charge is -2.24. The van der Waals surface area contributed by atoms with E-state index >= 15 is 0 Å². The van der Waals surface area contributed by atoms with Crippen molar-refractivity contribution < 1.29 is 4.74 Å². The summed E-state index contributed by atoms with van der Waals surface area (Å²) in [7, 11) is 1.72. The number of allylic oxidation sites excluding steroid dienone is 1. The Morgan fingerprint density at radius 3 is 2.69 bits per heavy atom. The SMILES string of the molecule is C=CC(C)(CBr)Cc1cc(C)ccc1OC. The number of methoxy groups -OCH3 is 1. The Labute approximate surface area is 107 Å². The summed E-state index contributed by atoms with van der Waals surface area (Å²) in [4.78, 5) is 0. The summed E-state index contributed by atoms with van der Waals surface area (Å²) in [5, 5.41) is 0.903. The molecule has 0 saturated heterocycles. The van der Waals surface area contributed by atoms with Crippen molar-refractivity contribution in [3.63, 3.8) is 0 Å². The van der Waals surface area contributed by atoms with E-state index < -0.39 is 0 Å². The van der Waals surface area contributed by atoms with Crippen LogP contribution in [-0.2, 0) is 6.42 Å². The molecule has 0 amide bonds. The van der Waals surface area contributed by atoms with Crippen LogP contribution in [0.4, 0.5) is 0 Å². The van der Waals surface area contributed by atoms with E-state index in [4.69, 9.17) is 4.74 Å². The fourth-order valence-electron chi connectivity index (χ4n) is 1.65. The fourth-order valence-corrected chi connectivity index (χ4v) is 2.08. The van der Waals surface area contributed by atoms with Crippen LogP contribution in [0, 0.1) is 12.3 Å². The molecule has 0 aromatic heterocycles. The average Bonchev–Trinajstić information content (AvgIpc) is 2.29. The number of rotatable bonds is 5. The Morgan fingerprint density at radius 2 is 2.19 bits per heavy atom. The summed E-state index contributed by atoms with van der Waals surface area (Å²) in [6.45, 7) is 8.20. The van der Waals surface area contributed by atoms with Crippen molar-refractivity contribution >= 4 is 15.9 Å². The number of hydrogen-bond acceptors (Lipinski definition) is 1. The van der Waals surface area contributed by atoms with Gasteiger partial charge >= 0.3 is 0 Å². The number of alkyl halides is 1. The van der Waals surface area contributed by atoms with Gasteiger partial charge in [0.05, 0.1) is 7.11 Å². The third kappa shape index (κ3) is 3.11. The largest absolute Gasteiger partial charge is 0.496 e. The Bertz CT molecular complexity index is 373. The van der Waals surface area contributed by atoms with Crippen LogP contribution < -0.4 is 4.74 Å². The van der Waals surface area contributed by atoms with Gasteiger partial charge < -0.3 is 4.74 Å².